The maximum absolute atomic E-state index is 11.2. The van der Waals surface area contributed by atoms with Crippen LogP contribution in [0.25, 0.3) is 0 Å². The van der Waals surface area contributed by atoms with Gasteiger partial charge in [0.15, 0.2) is 0 Å². The van der Waals surface area contributed by atoms with Crippen molar-refractivity contribution >= 4 is 12.2 Å². The van der Waals surface area contributed by atoms with Gasteiger partial charge in [0.1, 0.15) is 6.29 Å². The fourth-order valence-corrected chi connectivity index (χ4v) is 1.16. The summed E-state index contributed by atoms with van der Waals surface area (Å²) in [5.74, 6) is -0.187. The van der Waals surface area contributed by atoms with Gasteiger partial charge in [0, 0.05) is 18.2 Å². The van der Waals surface area contributed by atoms with Crippen molar-refractivity contribution in [2.24, 2.45) is 0 Å². The average molecular weight is 209 g/mol. The van der Waals surface area contributed by atoms with E-state index in [2.05, 4.69) is 19.2 Å². The Bertz CT molecular complexity index is 277. The predicted octanol–water partition coefficient (Wildman–Crippen LogP) is 1.99. The number of aldehydes is 1. The summed E-state index contributed by atoms with van der Waals surface area (Å²) in [5.41, 5.74) is 1.09. The van der Waals surface area contributed by atoms with E-state index in [4.69, 9.17) is 0 Å². The highest BCUT2D eigenvalue weighted by Crippen LogP contribution is 2.16. The molecule has 0 heterocycles. The molecular formula is C12H19NO2. The number of rotatable bonds is 2. The number of hydrogen-bond donors (Lipinski definition) is 1. The van der Waals surface area contributed by atoms with Crippen molar-refractivity contribution in [1.82, 2.24) is 5.32 Å². The minimum Gasteiger partial charge on any atom is -0.355 e. The molecule has 0 aromatic carbocycles. The van der Waals surface area contributed by atoms with Gasteiger partial charge in [-0.15, -0.1) is 0 Å². The molecule has 1 N–H and O–H groups in total. The Kier molecular flexibility index (Phi) is 7.24. The molecule has 0 bridgehead atoms. The lowest BCUT2D eigenvalue weighted by Gasteiger charge is -2.09. The number of hydrogen-bond acceptors (Lipinski definition) is 2. The van der Waals surface area contributed by atoms with E-state index in [-0.39, 0.29) is 5.91 Å². The highest BCUT2D eigenvalue weighted by molar-refractivity contribution is 6.01. The van der Waals surface area contributed by atoms with Crippen LogP contribution in [-0.4, -0.2) is 19.2 Å². The molecule has 1 aliphatic carbocycles. The molecular weight excluding hydrogens is 190 g/mol. The molecule has 1 rings (SSSR count). The van der Waals surface area contributed by atoms with Gasteiger partial charge in [0.25, 0.3) is 5.91 Å². The molecule has 0 radical (unpaired) electrons. The second-order valence-electron chi connectivity index (χ2n) is 3.28. The van der Waals surface area contributed by atoms with Gasteiger partial charge in [0.05, 0.1) is 0 Å². The molecule has 0 unspecified atom stereocenters. The molecule has 0 aliphatic heterocycles. The zero-order valence-electron chi connectivity index (χ0n) is 9.67. The van der Waals surface area contributed by atoms with E-state index in [0.717, 1.165) is 12.7 Å². The normalized spacial score (nSPS) is 14.1. The van der Waals surface area contributed by atoms with Gasteiger partial charge >= 0.3 is 0 Å². The first-order valence-corrected chi connectivity index (χ1v) is 5.28. The number of carbonyl (C=O) groups excluding carboxylic acids is 2. The van der Waals surface area contributed by atoms with Crippen LogP contribution in [-0.2, 0) is 9.59 Å². The van der Waals surface area contributed by atoms with Crippen molar-refractivity contribution in [1.29, 1.82) is 0 Å². The molecule has 0 aromatic rings. The third-order valence-electron chi connectivity index (χ3n) is 1.82. The van der Waals surface area contributed by atoms with E-state index < -0.39 is 0 Å². The molecule has 1 amide bonds. The number of carbonyl (C=O) groups is 2. The monoisotopic (exact) mass is 209 g/mol. The summed E-state index contributed by atoms with van der Waals surface area (Å²) < 4.78 is 0. The summed E-state index contributed by atoms with van der Waals surface area (Å²) in [5, 5.41) is 2.49. The zero-order valence-corrected chi connectivity index (χ0v) is 9.67. The largest absolute Gasteiger partial charge is 0.355 e. The Hall–Kier alpha value is -1.38. The topological polar surface area (TPSA) is 46.2 Å². The predicted molar refractivity (Wildman–Crippen MR) is 61.5 cm³/mol. The lowest BCUT2D eigenvalue weighted by molar-refractivity contribution is -0.117. The van der Waals surface area contributed by atoms with Crippen molar-refractivity contribution in [2.45, 2.75) is 33.1 Å². The minimum atomic E-state index is -0.187. The first kappa shape index (κ1) is 13.6. The Morgan fingerprint density at radius 1 is 1.53 bits per heavy atom. The number of amides is 1. The van der Waals surface area contributed by atoms with Crippen LogP contribution in [0.3, 0.4) is 0 Å². The van der Waals surface area contributed by atoms with Gasteiger partial charge < -0.3 is 5.32 Å². The summed E-state index contributed by atoms with van der Waals surface area (Å²) in [7, 11) is 1.56. The zero-order chi connectivity index (χ0) is 11.7. The van der Waals surface area contributed by atoms with Crippen LogP contribution in [0.1, 0.15) is 33.1 Å². The van der Waals surface area contributed by atoms with Crippen LogP contribution in [0, 0.1) is 0 Å². The highest BCUT2D eigenvalue weighted by atomic mass is 16.1. The Balaban J connectivity index is 0.000000583. The molecule has 15 heavy (non-hydrogen) atoms. The first-order valence-electron chi connectivity index (χ1n) is 5.28. The van der Waals surface area contributed by atoms with Crippen molar-refractivity contribution in [3.63, 3.8) is 0 Å². The molecule has 0 fully saturated rings. The average Bonchev–Trinajstić information content (AvgIpc) is 2.29. The van der Waals surface area contributed by atoms with Gasteiger partial charge in [-0.2, -0.15) is 0 Å². The Morgan fingerprint density at radius 2 is 2.13 bits per heavy atom. The van der Waals surface area contributed by atoms with E-state index in [1.165, 1.54) is 6.42 Å². The van der Waals surface area contributed by atoms with Crippen molar-refractivity contribution in [2.75, 3.05) is 7.05 Å². The summed E-state index contributed by atoms with van der Waals surface area (Å²) in [6.45, 7) is 4.25. The van der Waals surface area contributed by atoms with Gasteiger partial charge in [0.2, 0.25) is 0 Å². The summed E-state index contributed by atoms with van der Waals surface area (Å²) in [6.07, 6.45) is 7.12. The van der Waals surface area contributed by atoms with Crippen LogP contribution >= 0.6 is 0 Å². The smallest absolute Gasteiger partial charge is 0.251 e. The minimum absolute atomic E-state index is 0.187. The number of allylic oxidation sites excluding steroid dienone is 2. The van der Waals surface area contributed by atoms with Crippen molar-refractivity contribution in [3.8, 4) is 0 Å². The van der Waals surface area contributed by atoms with E-state index in [1.54, 1.807) is 13.1 Å². The molecule has 0 atom stereocenters. The molecule has 84 valence electrons. The lowest BCUT2D eigenvalue weighted by atomic mass is 9.98. The molecule has 0 saturated heterocycles. The van der Waals surface area contributed by atoms with Crippen LogP contribution in [0.5, 0.6) is 0 Å². The van der Waals surface area contributed by atoms with Gasteiger partial charge in [-0.25, -0.2) is 0 Å². The van der Waals surface area contributed by atoms with Crippen LogP contribution in [0.4, 0.5) is 0 Å². The van der Waals surface area contributed by atoms with Crippen LogP contribution in [0.15, 0.2) is 23.3 Å². The van der Waals surface area contributed by atoms with Crippen molar-refractivity contribution in [3.05, 3.63) is 23.3 Å². The Labute approximate surface area is 91.2 Å². The fourth-order valence-electron chi connectivity index (χ4n) is 1.16. The van der Waals surface area contributed by atoms with Crippen molar-refractivity contribution < 1.29 is 9.59 Å². The quantitative estimate of drug-likeness (QED) is 0.707. The second kappa shape index (κ2) is 7.97. The maximum atomic E-state index is 11.2. The van der Waals surface area contributed by atoms with Gasteiger partial charge in [-0.1, -0.05) is 32.4 Å². The summed E-state index contributed by atoms with van der Waals surface area (Å²) in [4.78, 5) is 21.7. The van der Waals surface area contributed by atoms with Gasteiger partial charge in [-0.05, 0) is 12.8 Å². The molecule has 1 aliphatic rings. The van der Waals surface area contributed by atoms with E-state index in [0.29, 0.717) is 17.6 Å². The molecule has 3 nitrogen and oxygen atoms in total. The molecule has 3 heteroatoms. The molecule has 0 saturated carbocycles. The van der Waals surface area contributed by atoms with E-state index >= 15 is 0 Å². The first-order chi connectivity index (χ1) is 7.21. The third kappa shape index (κ3) is 4.58. The molecule has 0 aromatic heterocycles. The lowest BCUT2D eigenvalue weighted by Crippen LogP contribution is -2.21. The fraction of sp³-hybridized carbons (Fsp3) is 0.500. The van der Waals surface area contributed by atoms with Crippen LogP contribution < -0.4 is 5.32 Å². The molecule has 0 spiro atoms. The standard InChI is InChI=1S/C9H11NO2.C3H8/c1-10-9(12)8-5-3-2-4-7(8)6-11;1-3-2/h3,5-6H,2,4H2,1H3,(H,10,12);3H2,1-2H3. The summed E-state index contributed by atoms with van der Waals surface area (Å²) in [6, 6.07) is 0. The number of nitrogens with one attached hydrogen (secondary N) is 1. The highest BCUT2D eigenvalue weighted by Gasteiger charge is 2.12. The SMILES string of the molecule is CCC.CNC(=O)C1=C(C=O)CCC=C1. The Morgan fingerprint density at radius 3 is 2.60 bits per heavy atom. The van der Waals surface area contributed by atoms with Gasteiger partial charge in [-0.3, -0.25) is 9.59 Å². The van der Waals surface area contributed by atoms with Crippen LogP contribution in [0.2, 0.25) is 0 Å². The van der Waals surface area contributed by atoms with E-state index in [1.807, 2.05) is 6.08 Å². The summed E-state index contributed by atoms with van der Waals surface area (Å²) >= 11 is 0. The maximum Gasteiger partial charge on any atom is 0.251 e. The van der Waals surface area contributed by atoms with E-state index in [9.17, 15) is 9.59 Å². The number of likely N-dealkylation sites (N-methyl/N-ethyl adjacent to an activating group) is 1. The third-order valence-corrected chi connectivity index (χ3v) is 1.82. The second-order valence-corrected chi connectivity index (χ2v) is 3.28.